The van der Waals surface area contributed by atoms with Gasteiger partial charge in [-0.15, -0.1) is 0 Å². The molecule has 6 heteroatoms. The Bertz CT molecular complexity index is 505. The van der Waals surface area contributed by atoms with Crippen LogP contribution in [0.15, 0.2) is 24.3 Å². The summed E-state index contributed by atoms with van der Waals surface area (Å²) in [5.74, 6) is -0.0277. The minimum atomic E-state index is -0.134. The first-order chi connectivity index (χ1) is 10.2. The van der Waals surface area contributed by atoms with Crippen LogP contribution in [0.4, 0.5) is 11.4 Å². The van der Waals surface area contributed by atoms with Crippen LogP contribution < -0.4 is 15.5 Å². The topological polar surface area (TPSA) is 70.7 Å². The number of anilines is 2. The van der Waals surface area contributed by atoms with E-state index >= 15 is 0 Å². The van der Waals surface area contributed by atoms with E-state index in [0.717, 1.165) is 12.1 Å². The SMILES string of the molecule is COCCNCC(=O)Nc1ccccc1N1CCCC1=O. The molecular formula is C15H21N3O3. The molecule has 0 saturated carbocycles. The first-order valence-corrected chi connectivity index (χ1v) is 7.11. The lowest BCUT2D eigenvalue weighted by molar-refractivity contribution is -0.117. The van der Waals surface area contributed by atoms with Gasteiger partial charge in [0.1, 0.15) is 0 Å². The molecule has 2 N–H and O–H groups in total. The van der Waals surface area contributed by atoms with Crippen molar-refractivity contribution >= 4 is 23.2 Å². The highest BCUT2D eigenvalue weighted by Gasteiger charge is 2.23. The molecule has 114 valence electrons. The van der Waals surface area contributed by atoms with Gasteiger partial charge in [-0.1, -0.05) is 12.1 Å². The fraction of sp³-hybridized carbons (Fsp3) is 0.467. The summed E-state index contributed by atoms with van der Waals surface area (Å²) in [6.07, 6.45) is 1.43. The summed E-state index contributed by atoms with van der Waals surface area (Å²) >= 11 is 0. The maximum Gasteiger partial charge on any atom is 0.238 e. The van der Waals surface area contributed by atoms with Crippen molar-refractivity contribution in [3.63, 3.8) is 0 Å². The third-order valence-corrected chi connectivity index (χ3v) is 3.31. The van der Waals surface area contributed by atoms with Crippen molar-refractivity contribution in [3.05, 3.63) is 24.3 Å². The third-order valence-electron chi connectivity index (χ3n) is 3.31. The average molecular weight is 291 g/mol. The van der Waals surface area contributed by atoms with E-state index in [0.29, 0.717) is 31.8 Å². The zero-order valence-corrected chi connectivity index (χ0v) is 12.2. The minimum Gasteiger partial charge on any atom is -0.383 e. The molecule has 1 aliphatic heterocycles. The molecule has 0 unspecified atom stereocenters. The van der Waals surface area contributed by atoms with Crippen LogP contribution in [0.1, 0.15) is 12.8 Å². The molecule has 2 amide bonds. The van der Waals surface area contributed by atoms with E-state index in [-0.39, 0.29) is 18.4 Å². The van der Waals surface area contributed by atoms with E-state index in [1.807, 2.05) is 24.3 Å². The van der Waals surface area contributed by atoms with Crippen LogP contribution in [0, 0.1) is 0 Å². The Morgan fingerprint density at radius 2 is 2.19 bits per heavy atom. The molecule has 0 radical (unpaired) electrons. The highest BCUT2D eigenvalue weighted by molar-refractivity contribution is 6.02. The fourth-order valence-electron chi connectivity index (χ4n) is 2.29. The number of amides is 2. The van der Waals surface area contributed by atoms with Gasteiger partial charge in [0.05, 0.1) is 24.5 Å². The number of carbonyl (C=O) groups is 2. The van der Waals surface area contributed by atoms with Crippen molar-refractivity contribution in [1.82, 2.24) is 5.32 Å². The van der Waals surface area contributed by atoms with Crippen molar-refractivity contribution in [3.8, 4) is 0 Å². The zero-order valence-electron chi connectivity index (χ0n) is 12.2. The Morgan fingerprint density at radius 1 is 1.38 bits per heavy atom. The van der Waals surface area contributed by atoms with Gasteiger partial charge in [0, 0.05) is 26.6 Å². The molecule has 0 aromatic heterocycles. The van der Waals surface area contributed by atoms with Crippen molar-refractivity contribution in [2.45, 2.75) is 12.8 Å². The normalized spacial score (nSPS) is 14.5. The van der Waals surface area contributed by atoms with Crippen LogP contribution >= 0.6 is 0 Å². The Labute approximate surface area is 124 Å². The van der Waals surface area contributed by atoms with Gasteiger partial charge in [0.15, 0.2) is 0 Å². The number of carbonyl (C=O) groups excluding carboxylic acids is 2. The van der Waals surface area contributed by atoms with Crippen LogP contribution in [-0.4, -0.2) is 45.2 Å². The molecule has 1 aromatic rings. The lowest BCUT2D eigenvalue weighted by atomic mass is 10.2. The van der Waals surface area contributed by atoms with Gasteiger partial charge in [-0.2, -0.15) is 0 Å². The second-order valence-electron chi connectivity index (χ2n) is 4.88. The van der Waals surface area contributed by atoms with Gasteiger partial charge >= 0.3 is 0 Å². The van der Waals surface area contributed by atoms with Crippen LogP contribution in [0.3, 0.4) is 0 Å². The second-order valence-corrected chi connectivity index (χ2v) is 4.88. The molecule has 0 bridgehead atoms. The van der Waals surface area contributed by atoms with E-state index in [1.54, 1.807) is 12.0 Å². The maximum atomic E-state index is 11.9. The first kappa shape index (κ1) is 15.5. The molecule has 1 heterocycles. The van der Waals surface area contributed by atoms with Crippen molar-refractivity contribution in [2.24, 2.45) is 0 Å². The smallest absolute Gasteiger partial charge is 0.238 e. The van der Waals surface area contributed by atoms with Gasteiger partial charge in [0.2, 0.25) is 11.8 Å². The van der Waals surface area contributed by atoms with Crippen molar-refractivity contribution < 1.29 is 14.3 Å². The molecule has 21 heavy (non-hydrogen) atoms. The van der Waals surface area contributed by atoms with E-state index in [9.17, 15) is 9.59 Å². The predicted molar refractivity (Wildman–Crippen MR) is 81.4 cm³/mol. The van der Waals surface area contributed by atoms with Crippen LogP contribution in [-0.2, 0) is 14.3 Å². The van der Waals surface area contributed by atoms with Crippen LogP contribution in [0.25, 0.3) is 0 Å². The molecule has 0 aliphatic carbocycles. The molecule has 1 aromatic carbocycles. The largest absolute Gasteiger partial charge is 0.383 e. The number of hydrogen-bond acceptors (Lipinski definition) is 4. The van der Waals surface area contributed by atoms with Gasteiger partial charge in [0.25, 0.3) is 0 Å². The molecule has 1 saturated heterocycles. The van der Waals surface area contributed by atoms with E-state index in [4.69, 9.17) is 4.74 Å². The summed E-state index contributed by atoms with van der Waals surface area (Å²) in [6, 6.07) is 7.39. The lowest BCUT2D eigenvalue weighted by Gasteiger charge is -2.20. The van der Waals surface area contributed by atoms with Crippen LogP contribution in [0.2, 0.25) is 0 Å². The third kappa shape index (κ3) is 4.27. The summed E-state index contributed by atoms with van der Waals surface area (Å²) in [5.41, 5.74) is 1.44. The first-order valence-electron chi connectivity index (χ1n) is 7.11. The number of nitrogens with zero attached hydrogens (tertiary/aromatic N) is 1. The minimum absolute atomic E-state index is 0.106. The number of rotatable bonds is 7. The van der Waals surface area contributed by atoms with Gasteiger partial charge in [-0.3, -0.25) is 9.59 Å². The highest BCUT2D eigenvalue weighted by Crippen LogP contribution is 2.29. The van der Waals surface area contributed by atoms with E-state index in [1.165, 1.54) is 0 Å². The molecule has 6 nitrogen and oxygen atoms in total. The Morgan fingerprint density at radius 3 is 2.90 bits per heavy atom. The molecule has 0 spiro atoms. The molecular weight excluding hydrogens is 270 g/mol. The highest BCUT2D eigenvalue weighted by atomic mass is 16.5. The van der Waals surface area contributed by atoms with Gasteiger partial charge in [-0.25, -0.2) is 0 Å². The standard InChI is InChI=1S/C15H21N3O3/c1-21-10-8-16-11-14(19)17-12-5-2-3-6-13(12)18-9-4-7-15(18)20/h2-3,5-6,16H,4,7-11H2,1H3,(H,17,19). The number of ether oxygens (including phenoxy) is 1. The fourth-order valence-corrected chi connectivity index (χ4v) is 2.29. The monoisotopic (exact) mass is 291 g/mol. The second kappa shape index (κ2) is 7.75. The summed E-state index contributed by atoms with van der Waals surface area (Å²) in [5, 5.41) is 5.84. The Balaban J connectivity index is 1.96. The average Bonchev–Trinajstić information content (AvgIpc) is 2.90. The summed E-state index contributed by atoms with van der Waals surface area (Å²) in [6.45, 7) is 2.10. The van der Waals surface area contributed by atoms with Gasteiger partial charge < -0.3 is 20.3 Å². The lowest BCUT2D eigenvalue weighted by Crippen LogP contribution is -2.31. The summed E-state index contributed by atoms with van der Waals surface area (Å²) in [4.78, 5) is 25.5. The number of hydrogen-bond donors (Lipinski definition) is 2. The predicted octanol–water partition coefficient (Wildman–Crippen LogP) is 0.988. The molecule has 1 aliphatic rings. The summed E-state index contributed by atoms with van der Waals surface area (Å²) in [7, 11) is 1.62. The number of nitrogens with one attached hydrogen (secondary N) is 2. The number of para-hydroxylation sites is 2. The van der Waals surface area contributed by atoms with E-state index < -0.39 is 0 Å². The zero-order chi connectivity index (χ0) is 15.1. The Kier molecular flexibility index (Phi) is 5.71. The summed E-state index contributed by atoms with van der Waals surface area (Å²) < 4.78 is 4.90. The maximum absolute atomic E-state index is 11.9. The van der Waals surface area contributed by atoms with E-state index in [2.05, 4.69) is 10.6 Å². The molecule has 2 rings (SSSR count). The van der Waals surface area contributed by atoms with Gasteiger partial charge in [-0.05, 0) is 18.6 Å². The van der Waals surface area contributed by atoms with Crippen molar-refractivity contribution in [1.29, 1.82) is 0 Å². The molecule has 0 atom stereocenters. The van der Waals surface area contributed by atoms with Crippen LogP contribution in [0.5, 0.6) is 0 Å². The number of benzene rings is 1. The van der Waals surface area contributed by atoms with Crippen molar-refractivity contribution in [2.75, 3.05) is 43.6 Å². The Hall–Kier alpha value is -1.92. The molecule has 1 fully saturated rings. The quantitative estimate of drug-likeness (QED) is 0.735. The number of methoxy groups -OCH3 is 1.